The number of halogens is 1. The van der Waals surface area contributed by atoms with Crippen LogP contribution in [0.25, 0.3) is 0 Å². The van der Waals surface area contributed by atoms with Crippen LogP contribution in [0.15, 0.2) is 24.3 Å². The highest BCUT2D eigenvalue weighted by Gasteiger charge is 2.33. The van der Waals surface area contributed by atoms with Crippen LogP contribution in [0.5, 0.6) is 0 Å². The molecule has 0 radical (unpaired) electrons. The van der Waals surface area contributed by atoms with Crippen LogP contribution in [0.1, 0.15) is 0 Å². The molecule has 0 aromatic rings. The Morgan fingerprint density at radius 1 is 1.25 bits per heavy atom. The van der Waals surface area contributed by atoms with Crippen molar-refractivity contribution in [3.63, 3.8) is 0 Å². The molecule has 0 saturated carbocycles. The fourth-order valence-electron chi connectivity index (χ4n) is 0.785. The number of aliphatic carboxylic acids is 1. The number of rotatable bonds is 1. The van der Waals surface area contributed by atoms with Crippen molar-refractivity contribution in [2.45, 2.75) is 10.5 Å². The highest BCUT2D eigenvalue weighted by Crippen LogP contribution is 2.21. The van der Waals surface area contributed by atoms with Gasteiger partial charge in [0.2, 0.25) is 0 Å². The van der Waals surface area contributed by atoms with E-state index in [2.05, 4.69) is 0 Å². The third kappa shape index (κ3) is 1.66. The second kappa shape index (κ2) is 2.58. The Kier molecular flexibility index (Phi) is 1.99. The summed E-state index contributed by atoms with van der Waals surface area (Å²) in [6.45, 7) is 0. The maximum Gasteiger partial charge on any atom is 0.331 e. The molecule has 1 aliphatic carbocycles. The van der Waals surface area contributed by atoms with Crippen molar-refractivity contribution in [1.29, 1.82) is 0 Å². The Morgan fingerprint density at radius 2 is 1.67 bits per heavy atom. The normalized spacial score (nSPS) is 39.9. The minimum Gasteiger partial charge on any atom is -0.479 e. The first kappa shape index (κ1) is 9.25. The van der Waals surface area contributed by atoms with E-state index in [-0.39, 0.29) is 0 Å². The molecule has 5 N–H and O–H groups in total. The van der Waals surface area contributed by atoms with E-state index >= 15 is 0 Å². The van der Waals surface area contributed by atoms with Gasteiger partial charge in [0, 0.05) is 0 Å². The molecule has 1 aliphatic rings. The predicted octanol–water partition coefficient (Wildman–Crippen LogP) is -0.212. The Morgan fingerprint density at radius 3 is 2.00 bits per heavy atom. The molecule has 0 heterocycles. The van der Waals surface area contributed by atoms with Crippen LogP contribution in [0.2, 0.25) is 0 Å². The molecule has 5 heteroatoms. The summed E-state index contributed by atoms with van der Waals surface area (Å²) in [4.78, 5) is 9.46. The molecule has 4 nitrogen and oxygen atoms in total. The molecule has 0 aromatic heterocycles. The highest BCUT2D eigenvalue weighted by atomic mass is 35.5. The smallest absolute Gasteiger partial charge is 0.331 e. The summed E-state index contributed by atoms with van der Waals surface area (Å²) in [5.41, 5.74) is 9.40. The molecule has 12 heavy (non-hydrogen) atoms. The van der Waals surface area contributed by atoms with Gasteiger partial charge in [-0.25, -0.2) is 4.79 Å². The third-order valence-corrected chi connectivity index (χ3v) is 1.85. The molecule has 0 unspecified atom stereocenters. The van der Waals surface area contributed by atoms with Gasteiger partial charge in [0.05, 0.1) is 0 Å². The van der Waals surface area contributed by atoms with Crippen LogP contribution in [0.3, 0.4) is 0 Å². The van der Waals surface area contributed by atoms with E-state index in [1.807, 2.05) is 0 Å². The number of carboxylic acid groups (broad SMARTS) is 1. The molecule has 0 amide bonds. The molecule has 0 aliphatic heterocycles. The Labute approximate surface area is 74.5 Å². The lowest BCUT2D eigenvalue weighted by Gasteiger charge is -2.24. The number of carboxylic acids is 1. The Hall–Kier alpha value is -0.840. The van der Waals surface area contributed by atoms with Crippen molar-refractivity contribution in [1.82, 2.24) is 0 Å². The lowest BCUT2D eigenvalue weighted by molar-refractivity contribution is -0.139. The van der Waals surface area contributed by atoms with Gasteiger partial charge in [-0.15, -0.1) is 0 Å². The number of hydrogen-bond acceptors (Lipinski definition) is 3. The topological polar surface area (TPSA) is 89.3 Å². The van der Waals surface area contributed by atoms with Gasteiger partial charge >= 0.3 is 5.97 Å². The summed E-state index contributed by atoms with van der Waals surface area (Å²) in [7, 11) is 0. The predicted molar refractivity (Wildman–Crippen MR) is 45.6 cm³/mol. The fraction of sp³-hybridized carbons (Fsp3) is 0.286. The fourth-order valence-corrected chi connectivity index (χ4v) is 0.911. The van der Waals surface area contributed by atoms with E-state index in [1.54, 1.807) is 0 Å². The van der Waals surface area contributed by atoms with Crippen LogP contribution < -0.4 is 11.5 Å². The zero-order valence-corrected chi connectivity index (χ0v) is 6.95. The molecule has 0 fully saturated rings. The molecule has 0 atom stereocenters. The molecular weight excluding hydrogens is 180 g/mol. The van der Waals surface area contributed by atoms with Crippen molar-refractivity contribution in [2.75, 3.05) is 0 Å². The summed E-state index contributed by atoms with van der Waals surface area (Å²) in [6.07, 6.45) is 5.23. The molecule has 0 aromatic carbocycles. The second-order valence-electron chi connectivity index (χ2n) is 2.73. The lowest BCUT2D eigenvalue weighted by atomic mass is 9.94. The Balaban J connectivity index is 2.93. The first-order chi connectivity index (χ1) is 5.36. The molecule has 66 valence electrons. The van der Waals surface area contributed by atoms with Gasteiger partial charge in [0.1, 0.15) is 5.00 Å². The second-order valence-corrected chi connectivity index (χ2v) is 3.39. The van der Waals surface area contributed by atoms with Crippen LogP contribution in [-0.4, -0.2) is 21.6 Å². The van der Waals surface area contributed by atoms with Crippen molar-refractivity contribution in [2.24, 2.45) is 11.5 Å². The van der Waals surface area contributed by atoms with E-state index in [0.29, 0.717) is 0 Å². The van der Waals surface area contributed by atoms with Gasteiger partial charge in [-0.05, 0) is 12.2 Å². The number of alkyl halides is 1. The first-order valence-corrected chi connectivity index (χ1v) is 3.64. The average molecular weight is 189 g/mol. The van der Waals surface area contributed by atoms with Gasteiger partial charge < -0.3 is 16.6 Å². The molecule has 0 saturated heterocycles. The number of nitrogens with two attached hydrogens (primary N) is 2. The minimum atomic E-state index is -1.47. The van der Waals surface area contributed by atoms with Gasteiger partial charge in [-0.2, -0.15) is 0 Å². The minimum absolute atomic E-state index is 1.11. The van der Waals surface area contributed by atoms with Crippen LogP contribution in [-0.2, 0) is 4.79 Å². The zero-order valence-electron chi connectivity index (χ0n) is 6.20. The maximum absolute atomic E-state index is 10.6. The van der Waals surface area contributed by atoms with Gasteiger partial charge in [-0.1, -0.05) is 23.8 Å². The SMILES string of the molecule is NC1(Cl)C=CC(N)(C(=O)O)C=C1. The van der Waals surface area contributed by atoms with E-state index in [9.17, 15) is 4.79 Å². The summed E-state index contributed by atoms with van der Waals surface area (Å²) in [6, 6.07) is 0. The molecule has 0 spiro atoms. The summed E-state index contributed by atoms with van der Waals surface area (Å²) in [5, 5.41) is 8.66. The van der Waals surface area contributed by atoms with Crippen LogP contribution >= 0.6 is 11.6 Å². The van der Waals surface area contributed by atoms with E-state index in [4.69, 9.17) is 28.2 Å². The number of hydrogen-bond donors (Lipinski definition) is 3. The molecule has 0 bridgehead atoms. The summed E-state index contributed by atoms with van der Waals surface area (Å²) < 4.78 is 0. The molecular formula is C7H9ClN2O2. The Bertz CT molecular complexity index is 255. The molecule has 1 rings (SSSR count). The highest BCUT2D eigenvalue weighted by molar-refractivity contribution is 6.26. The summed E-state index contributed by atoms with van der Waals surface area (Å²) in [5.74, 6) is -1.14. The third-order valence-electron chi connectivity index (χ3n) is 1.60. The largest absolute Gasteiger partial charge is 0.479 e. The van der Waals surface area contributed by atoms with Crippen molar-refractivity contribution >= 4 is 17.6 Å². The number of carbonyl (C=O) groups is 1. The lowest BCUT2D eigenvalue weighted by Crippen LogP contribution is -2.47. The van der Waals surface area contributed by atoms with Gasteiger partial charge in [0.25, 0.3) is 0 Å². The average Bonchev–Trinajstić information content (AvgIpc) is 1.96. The van der Waals surface area contributed by atoms with Crippen molar-refractivity contribution < 1.29 is 9.90 Å². The van der Waals surface area contributed by atoms with Crippen LogP contribution in [0, 0.1) is 0 Å². The first-order valence-electron chi connectivity index (χ1n) is 3.27. The van der Waals surface area contributed by atoms with Crippen LogP contribution in [0.4, 0.5) is 0 Å². The van der Waals surface area contributed by atoms with Crippen molar-refractivity contribution in [3.8, 4) is 0 Å². The zero-order chi connectivity index (χ0) is 9.41. The van der Waals surface area contributed by atoms with E-state index < -0.39 is 16.5 Å². The quantitative estimate of drug-likeness (QED) is 0.302. The van der Waals surface area contributed by atoms with E-state index in [1.165, 1.54) is 24.3 Å². The van der Waals surface area contributed by atoms with Gasteiger partial charge in [0.15, 0.2) is 5.54 Å². The van der Waals surface area contributed by atoms with E-state index in [0.717, 1.165) is 0 Å². The van der Waals surface area contributed by atoms with Gasteiger partial charge in [-0.3, -0.25) is 0 Å². The maximum atomic E-state index is 10.6. The monoisotopic (exact) mass is 188 g/mol. The van der Waals surface area contributed by atoms with Crippen molar-refractivity contribution in [3.05, 3.63) is 24.3 Å². The summed E-state index contributed by atoms with van der Waals surface area (Å²) >= 11 is 5.66. The standard InChI is InChI=1S/C7H9ClN2O2/c8-7(10)3-1-6(9,2-4-7)5(11)12/h1-4H,9-10H2,(H,11,12).